The first-order valence-electron chi connectivity index (χ1n) is 6.84. The second kappa shape index (κ2) is 7.79. The molecule has 106 valence electrons. The molecular formula is C15H24N2O2. The zero-order chi connectivity index (χ0) is 14.3. The van der Waals surface area contributed by atoms with E-state index < -0.39 is 0 Å². The van der Waals surface area contributed by atoms with Gasteiger partial charge in [-0.15, -0.1) is 0 Å². The Morgan fingerprint density at radius 3 is 2.42 bits per heavy atom. The maximum absolute atomic E-state index is 12.4. The number of nitrogens with zero attached hydrogens (tertiary/aromatic N) is 1. The van der Waals surface area contributed by atoms with Crippen LogP contribution in [0.25, 0.3) is 0 Å². The minimum Gasteiger partial charge on any atom is -0.494 e. The maximum atomic E-state index is 12.4. The van der Waals surface area contributed by atoms with Crippen LogP contribution in [-0.4, -0.2) is 36.5 Å². The van der Waals surface area contributed by atoms with Crippen molar-refractivity contribution in [3.8, 4) is 5.75 Å². The molecule has 0 saturated heterocycles. The molecular weight excluding hydrogens is 240 g/mol. The van der Waals surface area contributed by atoms with Crippen LogP contribution in [0.1, 0.15) is 37.6 Å². The molecule has 1 aromatic carbocycles. The van der Waals surface area contributed by atoms with Gasteiger partial charge in [0.2, 0.25) is 0 Å². The summed E-state index contributed by atoms with van der Waals surface area (Å²) >= 11 is 0. The van der Waals surface area contributed by atoms with Crippen molar-refractivity contribution in [1.29, 1.82) is 0 Å². The standard InChI is InChI=1S/C15H24N2O2/c1-4-19-14-8-6-13(7-9-14)15(18)17(12(2)3)11-5-10-16/h6-9,12H,4-5,10-11,16H2,1-3H3. The fraction of sp³-hybridized carbons (Fsp3) is 0.533. The highest BCUT2D eigenvalue weighted by molar-refractivity contribution is 5.94. The van der Waals surface area contributed by atoms with Gasteiger partial charge in [-0.05, 0) is 58.0 Å². The van der Waals surface area contributed by atoms with Gasteiger partial charge in [0, 0.05) is 18.2 Å². The van der Waals surface area contributed by atoms with E-state index in [1.165, 1.54) is 0 Å². The van der Waals surface area contributed by atoms with E-state index in [9.17, 15) is 4.79 Å². The van der Waals surface area contributed by atoms with Gasteiger partial charge in [0.1, 0.15) is 5.75 Å². The van der Waals surface area contributed by atoms with Crippen molar-refractivity contribution in [1.82, 2.24) is 4.90 Å². The van der Waals surface area contributed by atoms with E-state index in [0.29, 0.717) is 25.3 Å². The topological polar surface area (TPSA) is 55.6 Å². The SMILES string of the molecule is CCOc1ccc(C(=O)N(CCCN)C(C)C)cc1. The van der Waals surface area contributed by atoms with E-state index in [1.807, 2.05) is 49.9 Å². The van der Waals surface area contributed by atoms with Crippen molar-refractivity contribution in [3.63, 3.8) is 0 Å². The molecule has 0 aromatic heterocycles. The van der Waals surface area contributed by atoms with Crippen molar-refractivity contribution in [2.24, 2.45) is 5.73 Å². The lowest BCUT2D eigenvalue weighted by Gasteiger charge is -2.26. The molecule has 0 spiro atoms. The quantitative estimate of drug-likeness (QED) is 0.822. The lowest BCUT2D eigenvalue weighted by Crippen LogP contribution is -2.38. The van der Waals surface area contributed by atoms with Gasteiger partial charge >= 0.3 is 0 Å². The summed E-state index contributed by atoms with van der Waals surface area (Å²) in [4.78, 5) is 14.3. The summed E-state index contributed by atoms with van der Waals surface area (Å²) in [6, 6.07) is 7.46. The number of benzene rings is 1. The number of hydrogen-bond acceptors (Lipinski definition) is 3. The summed E-state index contributed by atoms with van der Waals surface area (Å²) in [6.07, 6.45) is 0.820. The third kappa shape index (κ3) is 4.56. The average Bonchev–Trinajstić information content (AvgIpc) is 2.40. The molecule has 2 N–H and O–H groups in total. The first-order chi connectivity index (χ1) is 9.10. The number of carbonyl (C=O) groups is 1. The molecule has 4 heteroatoms. The molecule has 0 aliphatic heterocycles. The highest BCUT2D eigenvalue weighted by Gasteiger charge is 2.17. The van der Waals surface area contributed by atoms with Crippen molar-refractivity contribution in [2.45, 2.75) is 33.2 Å². The molecule has 0 heterocycles. The number of nitrogens with two attached hydrogens (primary N) is 1. The van der Waals surface area contributed by atoms with Crippen molar-refractivity contribution < 1.29 is 9.53 Å². The minimum absolute atomic E-state index is 0.0477. The molecule has 0 fully saturated rings. The number of amides is 1. The number of ether oxygens (including phenoxy) is 1. The van der Waals surface area contributed by atoms with Crippen LogP contribution in [0.3, 0.4) is 0 Å². The molecule has 0 atom stereocenters. The first-order valence-corrected chi connectivity index (χ1v) is 6.84. The summed E-state index contributed by atoms with van der Waals surface area (Å²) in [5.41, 5.74) is 6.20. The van der Waals surface area contributed by atoms with E-state index in [2.05, 4.69) is 0 Å². The molecule has 4 nitrogen and oxygen atoms in total. The Morgan fingerprint density at radius 1 is 1.32 bits per heavy atom. The van der Waals surface area contributed by atoms with Crippen LogP contribution in [0.15, 0.2) is 24.3 Å². The number of rotatable bonds is 7. The summed E-state index contributed by atoms with van der Waals surface area (Å²) in [5, 5.41) is 0. The largest absolute Gasteiger partial charge is 0.494 e. The predicted molar refractivity (Wildman–Crippen MR) is 77.5 cm³/mol. The minimum atomic E-state index is 0.0477. The Morgan fingerprint density at radius 2 is 1.95 bits per heavy atom. The van der Waals surface area contributed by atoms with E-state index in [1.54, 1.807) is 0 Å². The zero-order valence-electron chi connectivity index (χ0n) is 12.1. The van der Waals surface area contributed by atoms with Gasteiger partial charge in [-0.1, -0.05) is 0 Å². The smallest absolute Gasteiger partial charge is 0.254 e. The molecule has 0 aliphatic rings. The Labute approximate surface area is 115 Å². The summed E-state index contributed by atoms with van der Waals surface area (Å²) < 4.78 is 5.37. The first kappa shape index (κ1) is 15.5. The van der Waals surface area contributed by atoms with Gasteiger partial charge in [-0.3, -0.25) is 4.79 Å². The third-order valence-electron chi connectivity index (χ3n) is 2.90. The molecule has 19 heavy (non-hydrogen) atoms. The van der Waals surface area contributed by atoms with E-state index in [0.717, 1.165) is 12.2 Å². The molecule has 1 amide bonds. The van der Waals surface area contributed by atoms with Crippen LogP contribution in [-0.2, 0) is 0 Å². The van der Waals surface area contributed by atoms with Crippen molar-refractivity contribution in [3.05, 3.63) is 29.8 Å². The van der Waals surface area contributed by atoms with Crippen LogP contribution in [0.5, 0.6) is 5.75 Å². The van der Waals surface area contributed by atoms with E-state index in [-0.39, 0.29) is 11.9 Å². The van der Waals surface area contributed by atoms with Crippen molar-refractivity contribution >= 4 is 5.91 Å². The molecule has 1 rings (SSSR count). The predicted octanol–water partition coefficient (Wildman–Crippen LogP) is 2.28. The molecule has 0 saturated carbocycles. The Kier molecular flexibility index (Phi) is 6.36. The Hall–Kier alpha value is -1.55. The Bertz CT molecular complexity index is 388. The van der Waals surface area contributed by atoms with Crippen LogP contribution in [0, 0.1) is 0 Å². The summed E-state index contributed by atoms with van der Waals surface area (Å²) in [5.74, 6) is 0.837. The van der Waals surface area contributed by atoms with Gasteiger partial charge in [0.15, 0.2) is 0 Å². The zero-order valence-corrected chi connectivity index (χ0v) is 12.1. The van der Waals surface area contributed by atoms with E-state index in [4.69, 9.17) is 10.5 Å². The fourth-order valence-corrected chi connectivity index (χ4v) is 1.88. The second-order valence-corrected chi connectivity index (χ2v) is 4.69. The summed E-state index contributed by atoms with van der Waals surface area (Å²) in [7, 11) is 0. The molecule has 1 aromatic rings. The van der Waals surface area contributed by atoms with Crippen LogP contribution in [0.4, 0.5) is 0 Å². The summed E-state index contributed by atoms with van der Waals surface area (Å²) in [6.45, 7) is 7.89. The lowest BCUT2D eigenvalue weighted by atomic mass is 10.1. The normalized spacial score (nSPS) is 10.6. The number of carbonyl (C=O) groups excluding carboxylic acids is 1. The molecule has 0 radical (unpaired) electrons. The van der Waals surface area contributed by atoms with Gasteiger partial charge in [0.25, 0.3) is 5.91 Å². The maximum Gasteiger partial charge on any atom is 0.254 e. The van der Waals surface area contributed by atoms with Gasteiger partial charge in [-0.2, -0.15) is 0 Å². The van der Waals surface area contributed by atoms with Crippen LogP contribution >= 0.6 is 0 Å². The molecule has 0 bridgehead atoms. The monoisotopic (exact) mass is 264 g/mol. The average molecular weight is 264 g/mol. The number of hydrogen-bond donors (Lipinski definition) is 1. The van der Waals surface area contributed by atoms with Gasteiger partial charge < -0.3 is 15.4 Å². The third-order valence-corrected chi connectivity index (χ3v) is 2.90. The highest BCUT2D eigenvalue weighted by Crippen LogP contribution is 2.15. The molecule has 0 unspecified atom stereocenters. The van der Waals surface area contributed by atoms with Gasteiger partial charge in [0.05, 0.1) is 6.61 Å². The Balaban J connectivity index is 2.78. The second-order valence-electron chi connectivity index (χ2n) is 4.69. The van der Waals surface area contributed by atoms with Gasteiger partial charge in [-0.25, -0.2) is 0 Å². The van der Waals surface area contributed by atoms with Crippen molar-refractivity contribution in [2.75, 3.05) is 19.7 Å². The lowest BCUT2D eigenvalue weighted by molar-refractivity contribution is 0.0705. The van der Waals surface area contributed by atoms with E-state index >= 15 is 0 Å². The molecule has 0 aliphatic carbocycles. The highest BCUT2D eigenvalue weighted by atomic mass is 16.5. The van der Waals surface area contributed by atoms with Crippen LogP contribution < -0.4 is 10.5 Å². The fourth-order valence-electron chi connectivity index (χ4n) is 1.88. The van der Waals surface area contributed by atoms with Crippen LogP contribution in [0.2, 0.25) is 0 Å².